The van der Waals surface area contributed by atoms with E-state index >= 15 is 0 Å². The quantitative estimate of drug-likeness (QED) is 0.676. The lowest BCUT2D eigenvalue weighted by Crippen LogP contribution is -2.28. The number of nitrogens with one attached hydrogen (secondary N) is 1. The van der Waals surface area contributed by atoms with E-state index in [2.05, 4.69) is 4.72 Å². The second kappa shape index (κ2) is 9.07. The maximum Gasteiger partial charge on any atom is 0.338 e. The molecule has 1 atom stereocenters. The van der Waals surface area contributed by atoms with Gasteiger partial charge in [0.15, 0.2) is 11.5 Å². The summed E-state index contributed by atoms with van der Waals surface area (Å²) in [6.07, 6.45) is 0.518. The van der Waals surface area contributed by atoms with Gasteiger partial charge in [0.25, 0.3) is 0 Å². The third-order valence-corrected chi connectivity index (χ3v) is 5.91. The number of hydrogen-bond acceptors (Lipinski definition) is 6. The molecule has 2 rings (SSSR count). The van der Waals surface area contributed by atoms with Gasteiger partial charge >= 0.3 is 5.97 Å². The summed E-state index contributed by atoms with van der Waals surface area (Å²) in [6.45, 7) is 3.59. The van der Waals surface area contributed by atoms with Gasteiger partial charge in [0, 0.05) is 6.04 Å². The van der Waals surface area contributed by atoms with Crippen LogP contribution in [0.4, 0.5) is 0 Å². The zero-order valence-electron chi connectivity index (χ0n) is 16.6. The molecule has 8 heteroatoms. The van der Waals surface area contributed by atoms with Crippen molar-refractivity contribution in [2.24, 2.45) is 0 Å². The van der Waals surface area contributed by atoms with Crippen molar-refractivity contribution < 1.29 is 27.4 Å². The number of carbonyl (C=O) groups is 1. The van der Waals surface area contributed by atoms with Crippen molar-refractivity contribution >= 4 is 16.0 Å². The van der Waals surface area contributed by atoms with Gasteiger partial charge in [-0.05, 0) is 48.7 Å². The molecule has 2 aromatic carbocycles. The van der Waals surface area contributed by atoms with E-state index in [4.69, 9.17) is 14.2 Å². The number of methoxy groups -OCH3 is 3. The van der Waals surface area contributed by atoms with Gasteiger partial charge in [0.05, 0.1) is 31.8 Å². The summed E-state index contributed by atoms with van der Waals surface area (Å²) in [4.78, 5) is 11.9. The Kier molecular flexibility index (Phi) is 7.04. The van der Waals surface area contributed by atoms with Gasteiger partial charge in [0.2, 0.25) is 10.0 Å². The monoisotopic (exact) mass is 407 g/mol. The SMILES string of the molecule is CC[C@H](NS(=O)(=O)c1ccc(C)c(C(=O)OC)c1)c1ccc(OC)c(OC)c1. The summed E-state index contributed by atoms with van der Waals surface area (Å²) in [5, 5.41) is 0. The third kappa shape index (κ3) is 4.63. The molecule has 152 valence electrons. The molecule has 0 aliphatic rings. The largest absolute Gasteiger partial charge is 0.493 e. The average Bonchev–Trinajstić information content (AvgIpc) is 2.71. The molecule has 0 unspecified atom stereocenters. The van der Waals surface area contributed by atoms with Crippen LogP contribution in [0, 0.1) is 6.92 Å². The van der Waals surface area contributed by atoms with Crippen LogP contribution in [0.1, 0.15) is 40.9 Å². The average molecular weight is 407 g/mol. The minimum absolute atomic E-state index is 0.00238. The smallest absolute Gasteiger partial charge is 0.338 e. The van der Waals surface area contributed by atoms with Crippen molar-refractivity contribution in [3.8, 4) is 11.5 Å². The Bertz CT molecular complexity index is 955. The third-order valence-electron chi connectivity index (χ3n) is 4.44. The fourth-order valence-electron chi connectivity index (χ4n) is 2.81. The molecule has 28 heavy (non-hydrogen) atoms. The first-order chi connectivity index (χ1) is 13.3. The lowest BCUT2D eigenvalue weighted by Gasteiger charge is -2.19. The highest BCUT2D eigenvalue weighted by Gasteiger charge is 2.23. The molecule has 0 saturated carbocycles. The Morgan fingerprint density at radius 2 is 1.71 bits per heavy atom. The molecule has 0 radical (unpaired) electrons. The molecular formula is C20H25NO6S. The molecule has 0 amide bonds. The number of hydrogen-bond donors (Lipinski definition) is 1. The van der Waals surface area contributed by atoms with Crippen LogP contribution in [-0.4, -0.2) is 35.7 Å². The van der Waals surface area contributed by atoms with Crippen LogP contribution in [0.5, 0.6) is 11.5 Å². The van der Waals surface area contributed by atoms with Gasteiger partial charge < -0.3 is 14.2 Å². The van der Waals surface area contributed by atoms with Crippen molar-refractivity contribution in [3.63, 3.8) is 0 Å². The Balaban J connectivity index is 2.38. The minimum atomic E-state index is -3.87. The van der Waals surface area contributed by atoms with Crippen molar-refractivity contribution in [2.75, 3.05) is 21.3 Å². The zero-order chi connectivity index (χ0) is 20.9. The van der Waals surface area contributed by atoms with Crippen LogP contribution in [0.25, 0.3) is 0 Å². The lowest BCUT2D eigenvalue weighted by atomic mass is 10.1. The molecule has 0 saturated heterocycles. The minimum Gasteiger partial charge on any atom is -0.493 e. The van der Waals surface area contributed by atoms with Crippen LogP contribution in [0.15, 0.2) is 41.3 Å². The van der Waals surface area contributed by atoms with Gasteiger partial charge in [-0.3, -0.25) is 0 Å². The zero-order valence-corrected chi connectivity index (χ0v) is 17.4. The van der Waals surface area contributed by atoms with E-state index in [0.717, 1.165) is 5.56 Å². The second-order valence-corrected chi connectivity index (χ2v) is 7.88. The number of ether oxygens (including phenoxy) is 3. The fraction of sp³-hybridized carbons (Fsp3) is 0.350. The first-order valence-corrected chi connectivity index (χ1v) is 10.2. The van der Waals surface area contributed by atoms with E-state index in [1.807, 2.05) is 6.92 Å². The van der Waals surface area contributed by atoms with E-state index in [1.165, 1.54) is 33.5 Å². The number of rotatable bonds is 8. The number of esters is 1. The molecule has 0 aliphatic heterocycles. The van der Waals surface area contributed by atoms with E-state index in [-0.39, 0.29) is 10.5 Å². The highest BCUT2D eigenvalue weighted by Crippen LogP contribution is 2.31. The Morgan fingerprint density at radius 3 is 2.29 bits per heavy atom. The predicted molar refractivity (Wildman–Crippen MR) is 105 cm³/mol. The normalized spacial score (nSPS) is 12.3. The number of benzene rings is 2. The van der Waals surface area contributed by atoms with Gasteiger partial charge in [0.1, 0.15) is 0 Å². The molecular weight excluding hydrogens is 382 g/mol. The maximum atomic E-state index is 12.9. The summed E-state index contributed by atoms with van der Waals surface area (Å²) in [5.41, 5.74) is 1.59. The second-order valence-electron chi connectivity index (χ2n) is 6.16. The molecule has 0 aliphatic carbocycles. The number of carbonyl (C=O) groups excluding carboxylic acids is 1. The molecule has 1 N–H and O–H groups in total. The molecule has 0 aromatic heterocycles. The standard InChI is InChI=1S/C20H25NO6S/c1-6-17(14-8-10-18(25-3)19(11-14)26-4)21-28(23,24)15-9-7-13(2)16(12-15)20(22)27-5/h7-12,17,21H,6H2,1-5H3/t17-/m0/s1. The predicted octanol–water partition coefficient (Wildman–Crippen LogP) is 3.23. The Morgan fingerprint density at radius 1 is 1.04 bits per heavy atom. The molecule has 2 aromatic rings. The van der Waals surface area contributed by atoms with Crippen LogP contribution in [0.2, 0.25) is 0 Å². The summed E-state index contributed by atoms with van der Waals surface area (Å²) in [7, 11) is 0.446. The number of sulfonamides is 1. The van der Waals surface area contributed by atoms with Crippen molar-refractivity contribution in [1.82, 2.24) is 4.72 Å². The molecule has 0 fully saturated rings. The van der Waals surface area contributed by atoms with Gasteiger partial charge in [-0.25, -0.2) is 17.9 Å². The summed E-state index contributed by atoms with van der Waals surface area (Å²) in [5.74, 6) is 0.493. The van der Waals surface area contributed by atoms with E-state index in [9.17, 15) is 13.2 Å². The van der Waals surface area contributed by atoms with E-state index in [0.29, 0.717) is 23.5 Å². The molecule has 0 bridgehead atoms. The Hall–Kier alpha value is -2.58. The topological polar surface area (TPSA) is 90.9 Å². The van der Waals surface area contributed by atoms with Crippen LogP contribution < -0.4 is 14.2 Å². The summed E-state index contributed by atoms with van der Waals surface area (Å²) >= 11 is 0. The van der Waals surface area contributed by atoms with E-state index < -0.39 is 22.0 Å². The molecule has 7 nitrogen and oxygen atoms in total. The first kappa shape index (κ1) is 21.7. The first-order valence-electron chi connectivity index (χ1n) is 8.70. The van der Waals surface area contributed by atoms with Crippen LogP contribution >= 0.6 is 0 Å². The van der Waals surface area contributed by atoms with E-state index in [1.54, 1.807) is 31.2 Å². The fourth-order valence-corrected chi connectivity index (χ4v) is 4.14. The van der Waals surface area contributed by atoms with Gasteiger partial charge in [-0.1, -0.05) is 19.1 Å². The van der Waals surface area contributed by atoms with Crippen molar-refractivity contribution in [1.29, 1.82) is 0 Å². The lowest BCUT2D eigenvalue weighted by molar-refractivity contribution is 0.0599. The Labute approximate surface area is 165 Å². The van der Waals surface area contributed by atoms with Gasteiger partial charge in [-0.15, -0.1) is 0 Å². The summed E-state index contributed by atoms with van der Waals surface area (Å²) in [6, 6.07) is 9.14. The molecule has 0 heterocycles. The molecule has 0 spiro atoms. The highest BCUT2D eigenvalue weighted by atomic mass is 32.2. The van der Waals surface area contributed by atoms with Crippen LogP contribution in [-0.2, 0) is 14.8 Å². The highest BCUT2D eigenvalue weighted by molar-refractivity contribution is 7.89. The summed E-state index contributed by atoms with van der Waals surface area (Å²) < 4.78 is 43.8. The van der Waals surface area contributed by atoms with Crippen molar-refractivity contribution in [2.45, 2.75) is 31.2 Å². The van der Waals surface area contributed by atoms with Crippen LogP contribution in [0.3, 0.4) is 0 Å². The maximum absolute atomic E-state index is 12.9. The van der Waals surface area contributed by atoms with Gasteiger partial charge in [-0.2, -0.15) is 0 Å². The van der Waals surface area contributed by atoms with Crippen molar-refractivity contribution in [3.05, 3.63) is 53.1 Å². The number of aryl methyl sites for hydroxylation is 1.